The summed E-state index contributed by atoms with van der Waals surface area (Å²) >= 11 is 13.5. The summed E-state index contributed by atoms with van der Waals surface area (Å²) in [5, 5.41) is 10.2. The van der Waals surface area contributed by atoms with E-state index in [9.17, 15) is 10.1 Å². The van der Waals surface area contributed by atoms with Crippen molar-refractivity contribution in [2.75, 3.05) is 7.05 Å². The van der Waals surface area contributed by atoms with E-state index in [0.717, 1.165) is 18.8 Å². The fraction of sp³-hybridized carbons (Fsp3) is 0.630. The van der Waals surface area contributed by atoms with Crippen LogP contribution in [0.25, 0.3) is 0 Å². The van der Waals surface area contributed by atoms with Gasteiger partial charge < -0.3 is 0 Å². The quantitative estimate of drug-likeness (QED) is 0.394. The third-order valence-corrected chi connectivity index (χ3v) is 10.5. The molecule has 32 heavy (non-hydrogen) atoms. The Kier molecular flexibility index (Phi) is 5.14. The Morgan fingerprint density at radius 3 is 2.44 bits per heavy atom. The summed E-state index contributed by atoms with van der Waals surface area (Å²) in [6.45, 7) is 7.18. The van der Waals surface area contributed by atoms with Crippen molar-refractivity contribution < 1.29 is 4.79 Å². The lowest BCUT2D eigenvalue weighted by atomic mass is 9.48. The molecular formula is C27H33Cl2N2O+. The van der Waals surface area contributed by atoms with Crippen LogP contribution in [0, 0.1) is 39.9 Å². The number of benzene rings is 1. The van der Waals surface area contributed by atoms with Crippen LogP contribution in [0.1, 0.15) is 77.7 Å². The molecule has 1 aliphatic heterocycles. The number of likely N-dealkylation sites (tertiary alicyclic amines) is 1. The molecule has 0 N–H and O–H groups in total. The van der Waals surface area contributed by atoms with Crippen LogP contribution in [0.5, 0.6) is 0 Å². The molecule has 3 fully saturated rings. The van der Waals surface area contributed by atoms with E-state index >= 15 is 0 Å². The maximum absolute atomic E-state index is 13.7. The van der Waals surface area contributed by atoms with E-state index in [4.69, 9.17) is 23.2 Å². The minimum Gasteiger partial charge on any atom is -0.230 e. The molecular weight excluding hydrogens is 439 g/mol. The van der Waals surface area contributed by atoms with Crippen LogP contribution in [0.4, 0.5) is 5.69 Å². The molecule has 0 bridgehead atoms. The Hall–Kier alpha value is -1.34. The molecule has 1 saturated heterocycles. The number of halogens is 2. The summed E-state index contributed by atoms with van der Waals surface area (Å²) in [6, 6.07) is 5.43. The summed E-state index contributed by atoms with van der Waals surface area (Å²) in [6.07, 6.45) is 9.14. The molecule has 0 radical (unpaired) electrons. The van der Waals surface area contributed by atoms with Crippen LogP contribution in [0.2, 0.25) is 10.0 Å². The number of carbonyl (C=O) groups is 1. The molecule has 3 nitrogen and oxygen atoms in total. The lowest BCUT2D eigenvalue weighted by Gasteiger charge is -2.59. The van der Waals surface area contributed by atoms with Crippen molar-refractivity contribution in [3.8, 4) is 6.07 Å². The van der Waals surface area contributed by atoms with Crippen LogP contribution in [-0.4, -0.2) is 13.0 Å². The van der Waals surface area contributed by atoms with Crippen molar-refractivity contribution in [3.63, 3.8) is 0 Å². The highest BCUT2D eigenvalue weighted by Crippen LogP contribution is 2.67. The van der Waals surface area contributed by atoms with E-state index in [-0.39, 0.29) is 15.8 Å². The number of nitrogens with zero attached hydrogens (tertiary/aromatic N) is 2. The second kappa shape index (κ2) is 7.33. The second-order valence-electron chi connectivity index (χ2n) is 11.5. The van der Waals surface area contributed by atoms with Crippen LogP contribution in [0.15, 0.2) is 23.4 Å². The van der Waals surface area contributed by atoms with E-state index in [1.54, 1.807) is 12.1 Å². The number of piperidine rings is 1. The fourth-order valence-corrected chi connectivity index (χ4v) is 9.50. The molecule has 0 aromatic heterocycles. The molecule has 2 saturated carbocycles. The molecule has 1 amide bonds. The van der Waals surface area contributed by atoms with Gasteiger partial charge in [0.15, 0.2) is 5.69 Å². The molecule has 0 spiro atoms. The van der Waals surface area contributed by atoms with Crippen LogP contribution in [-0.2, 0) is 4.79 Å². The van der Waals surface area contributed by atoms with E-state index in [0.29, 0.717) is 45.0 Å². The Morgan fingerprint density at radius 2 is 1.78 bits per heavy atom. The molecule has 170 valence electrons. The van der Waals surface area contributed by atoms with Gasteiger partial charge in [-0.3, -0.25) is 0 Å². The lowest BCUT2D eigenvalue weighted by molar-refractivity contribution is -0.135. The number of amides is 1. The number of allylic oxidation sites excluding steroid dienone is 2. The zero-order valence-corrected chi connectivity index (χ0v) is 21.1. The summed E-state index contributed by atoms with van der Waals surface area (Å²) in [7, 11) is 1.99. The molecule has 3 aliphatic carbocycles. The van der Waals surface area contributed by atoms with Gasteiger partial charge in [0.05, 0.1) is 25.1 Å². The molecule has 1 heterocycles. The van der Waals surface area contributed by atoms with E-state index in [2.05, 4.69) is 26.8 Å². The number of quaternary nitrogens is 1. The molecule has 5 rings (SSSR count). The van der Waals surface area contributed by atoms with Crippen LogP contribution >= 0.6 is 23.2 Å². The number of carbonyl (C=O) groups excluding carboxylic acids is 1. The summed E-state index contributed by atoms with van der Waals surface area (Å²) in [4.78, 5) is 13.7. The van der Waals surface area contributed by atoms with Crippen molar-refractivity contribution >= 4 is 34.8 Å². The van der Waals surface area contributed by atoms with Crippen molar-refractivity contribution in [1.29, 1.82) is 5.26 Å². The predicted molar refractivity (Wildman–Crippen MR) is 130 cm³/mol. The van der Waals surface area contributed by atoms with Gasteiger partial charge in [0.2, 0.25) is 0 Å². The van der Waals surface area contributed by atoms with Gasteiger partial charge >= 0.3 is 5.91 Å². The van der Waals surface area contributed by atoms with Crippen LogP contribution in [0.3, 0.4) is 0 Å². The standard InChI is InChI=1S/C27H33Cl2N2O/c1-16-12-18-19-6-5-9-26(19,2)10-7-20(18)27(3)11-8-23(32)31(4,25(16)27)24-21(28)13-17(15-30)14-22(24)29/h13-14,18-20H,5-12H2,1-4H3/q+1/t18-,19-,20-,26-,27+,31?/m0/s1. The molecule has 1 unspecified atom stereocenters. The van der Waals surface area contributed by atoms with Gasteiger partial charge in [0.25, 0.3) is 0 Å². The monoisotopic (exact) mass is 471 g/mol. The van der Waals surface area contributed by atoms with Crippen molar-refractivity contribution in [3.05, 3.63) is 39.0 Å². The minimum atomic E-state index is -0.0415. The molecule has 4 aliphatic rings. The first kappa shape index (κ1) is 22.5. The smallest absolute Gasteiger partial charge is 0.230 e. The zero-order valence-electron chi connectivity index (χ0n) is 19.6. The number of nitriles is 1. The number of rotatable bonds is 1. The highest BCUT2D eigenvalue weighted by atomic mass is 35.5. The molecule has 1 aromatic carbocycles. The summed E-state index contributed by atoms with van der Waals surface area (Å²) in [5.41, 5.74) is 4.07. The third kappa shape index (κ3) is 2.85. The van der Waals surface area contributed by atoms with Gasteiger partial charge in [-0.25, -0.2) is 4.79 Å². The fourth-order valence-electron chi connectivity index (χ4n) is 8.67. The topological polar surface area (TPSA) is 40.9 Å². The van der Waals surface area contributed by atoms with Crippen molar-refractivity contribution in [2.24, 2.45) is 28.6 Å². The normalized spacial score (nSPS) is 41.0. The second-order valence-corrected chi connectivity index (χ2v) is 12.3. The van der Waals surface area contributed by atoms with Gasteiger partial charge in [0, 0.05) is 5.41 Å². The first-order chi connectivity index (χ1) is 15.1. The third-order valence-electron chi connectivity index (χ3n) is 9.92. The van der Waals surface area contributed by atoms with Gasteiger partial charge in [-0.2, -0.15) is 9.74 Å². The van der Waals surface area contributed by atoms with Crippen molar-refractivity contribution in [1.82, 2.24) is 4.48 Å². The maximum Gasteiger partial charge on any atom is 0.323 e. The van der Waals surface area contributed by atoms with Gasteiger partial charge in [0.1, 0.15) is 15.7 Å². The van der Waals surface area contributed by atoms with Gasteiger partial charge in [-0.1, -0.05) is 43.5 Å². The average molecular weight is 472 g/mol. The molecule has 1 aromatic rings. The van der Waals surface area contributed by atoms with Gasteiger partial charge in [-0.15, -0.1) is 0 Å². The summed E-state index contributed by atoms with van der Waals surface area (Å²) < 4.78 is 0.0524. The number of hydrogen-bond acceptors (Lipinski definition) is 2. The lowest BCUT2D eigenvalue weighted by Crippen LogP contribution is -2.62. The predicted octanol–water partition coefficient (Wildman–Crippen LogP) is 7.64. The minimum absolute atomic E-state index is 0.0415. The Morgan fingerprint density at radius 1 is 1.09 bits per heavy atom. The molecule has 5 heteroatoms. The SMILES string of the molecule is CC1=C2[C@](C)(CCC(=O)[N+]2(C)c2c(Cl)cc(C#N)cc2Cl)[C@H]2CC[C@]3(C)CCC[C@H]3[C@@H]2C1. The highest BCUT2D eigenvalue weighted by Gasteiger charge is 2.63. The largest absolute Gasteiger partial charge is 0.323 e. The van der Waals surface area contributed by atoms with E-state index < -0.39 is 0 Å². The average Bonchev–Trinajstić information content (AvgIpc) is 3.12. The first-order valence-corrected chi connectivity index (χ1v) is 12.8. The Bertz CT molecular complexity index is 1060. The van der Waals surface area contributed by atoms with Crippen LogP contribution < -0.4 is 4.48 Å². The van der Waals surface area contributed by atoms with E-state index in [1.807, 2.05) is 7.05 Å². The first-order valence-electron chi connectivity index (χ1n) is 12.1. The zero-order chi connectivity index (χ0) is 23.1. The van der Waals surface area contributed by atoms with E-state index in [1.165, 1.54) is 43.4 Å². The number of hydrogen-bond donors (Lipinski definition) is 0. The van der Waals surface area contributed by atoms with Crippen molar-refractivity contribution in [2.45, 2.75) is 72.1 Å². The molecule has 6 atom stereocenters. The Labute approximate surface area is 202 Å². The highest BCUT2D eigenvalue weighted by molar-refractivity contribution is 6.39. The summed E-state index contributed by atoms with van der Waals surface area (Å²) in [5.74, 6) is 2.25. The van der Waals surface area contributed by atoms with Gasteiger partial charge in [-0.05, 0) is 86.3 Å². The maximum atomic E-state index is 13.7. The Balaban J connectivity index is 1.70. The number of fused-ring (bicyclic) bond motifs is 5.